The Kier molecular flexibility index (Phi) is 7.88. The summed E-state index contributed by atoms with van der Waals surface area (Å²) in [5.41, 5.74) is 0.858. The number of methoxy groups -OCH3 is 1. The lowest BCUT2D eigenvalue weighted by Crippen LogP contribution is -2.21. The number of fused-ring (bicyclic) bond motifs is 1. The van der Waals surface area contributed by atoms with Crippen molar-refractivity contribution in [2.75, 3.05) is 20.3 Å². The van der Waals surface area contributed by atoms with E-state index in [4.69, 9.17) is 23.4 Å². The van der Waals surface area contributed by atoms with Gasteiger partial charge in [-0.15, -0.1) is 0 Å². The lowest BCUT2D eigenvalue weighted by molar-refractivity contribution is -0.151. The highest BCUT2D eigenvalue weighted by Crippen LogP contribution is 2.30. The van der Waals surface area contributed by atoms with Crippen LogP contribution in [0.1, 0.15) is 36.1 Å². The van der Waals surface area contributed by atoms with E-state index in [-0.39, 0.29) is 41.3 Å². The Bertz CT molecular complexity index is 1460. The lowest BCUT2D eigenvalue weighted by Gasteiger charge is -2.18. The van der Waals surface area contributed by atoms with Gasteiger partial charge in [-0.1, -0.05) is 42.5 Å². The van der Waals surface area contributed by atoms with Gasteiger partial charge in [0.25, 0.3) is 0 Å². The van der Waals surface area contributed by atoms with Gasteiger partial charge >= 0.3 is 11.9 Å². The highest BCUT2D eigenvalue weighted by Gasteiger charge is 2.26. The number of carbonyl (C=O) groups excluding carboxylic acids is 2. The maximum absolute atomic E-state index is 13.5. The monoisotopic (exact) mass is 502 g/mol. The van der Waals surface area contributed by atoms with E-state index in [1.165, 1.54) is 19.2 Å². The van der Waals surface area contributed by atoms with Crippen molar-refractivity contribution in [2.45, 2.75) is 20.0 Å². The molecule has 190 valence electrons. The molecule has 4 aromatic rings. The molecule has 0 amide bonds. The Morgan fingerprint density at radius 2 is 1.54 bits per heavy atom. The minimum absolute atomic E-state index is 0.0796. The van der Waals surface area contributed by atoms with Crippen molar-refractivity contribution < 1.29 is 33.0 Å². The van der Waals surface area contributed by atoms with Crippen LogP contribution < -0.4 is 14.9 Å². The molecular formula is C29H26O8. The molecule has 1 atom stereocenters. The molecule has 0 aliphatic rings. The van der Waals surface area contributed by atoms with Crippen LogP contribution >= 0.6 is 0 Å². The molecule has 0 bridgehead atoms. The zero-order valence-corrected chi connectivity index (χ0v) is 20.7. The van der Waals surface area contributed by atoms with Gasteiger partial charge in [0.15, 0.2) is 0 Å². The Hall–Kier alpha value is -4.59. The van der Waals surface area contributed by atoms with Crippen LogP contribution in [0.15, 0.2) is 82.0 Å². The average Bonchev–Trinajstić information content (AvgIpc) is 2.92. The lowest BCUT2D eigenvalue weighted by atomic mass is 10.0. The molecule has 0 spiro atoms. The third-order valence-electron chi connectivity index (χ3n) is 5.56. The van der Waals surface area contributed by atoms with Crippen molar-refractivity contribution in [3.05, 3.63) is 94.3 Å². The SMILES string of the molecule is CCOC(=O)c1oc2cc(OC(C(=O)OCC)c3ccccc3)ccc2c(=O)c1-c1ccc(OC)cc1. The van der Waals surface area contributed by atoms with Crippen molar-refractivity contribution >= 4 is 22.9 Å². The van der Waals surface area contributed by atoms with Crippen LogP contribution in [0.3, 0.4) is 0 Å². The van der Waals surface area contributed by atoms with Crippen molar-refractivity contribution in [1.82, 2.24) is 0 Å². The molecular weight excluding hydrogens is 476 g/mol. The summed E-state index contributed by atoms with van der Waals surface area (Å²) in [4.78, 5) is 39.0. The number of rotatable bonds is 9. The van der Waals surface area contributed by atoms with Crippen LogP contribution in [-0.4, -0.2) is 32.3 Å². The van der Waals surface area contributed by atoms with Gasteiger partial charge in [0, 0.05) is 11.6 Å². The molecule has 0 N–H and O–H groups in total. The van der Waals surface area contributed by atoms with Gasteiger partial charge in [-0.2, -0.15) is 0 Å². The van der Waals surface area contributed by atoms with Crippen LogP contribution in [0.4, 0.5) is 0 Å². The molecule has 8 nitrogen and oxygen atoms in total. The van der Waals surface area contributed by atoms with Gasteiger partial charge in [-0.3, -0.25) is 4.79 Å². The first kappa shape index (κ1) is 25.5. The van der Waals surface area contributed by atoms with Gasteiger partial charge in [0.1, 0.15) is 17.1 Å². The number of benzene rings is 3. The molecule has 0 fully saturated rings. The number of esters is 2. The van der Waals surface area contributed by atoms with E-state index in [2.05, 4.69) is 0 Å². The summed E-state index contributed by atoms with van der Waals surface area (Å²) >= 11 is 0. The molecule has 37 heavy (non-hydrogen) atoms. The molecule has 0 aliphatic heterocycles. The molecule has 8 heteroatoms. The first-order valence-corrected chi connectivity index (χ1v) is 11.8. The summed E-state index contributed by atoms with van der Waals surface area (Å²) in [7, 11) is 1.54. The summed E-state index contributed by atoms with van der Waals surface area (Å²) in [5, 5.41) is 0.235. The van der Waals surface area contributed by atoms with Gasteiger partial charge in [0.05, 0.1) is 31.3 Å². The maximum Gasteiger partial charge on any atom is 0.375 e. The Morgan fingerprint density at radius 1 is 0.865 bits per heavy atom. The third kappa shape index (κ3) is 5.48. The van der Waals surface area contributed by atoms with Gasteiger partial charge in [0.2, 0.25) is 17.3 Å². The topological polar surface area (TPSA) is 101 Å². The van der Waals surface area contributed by atoms with Crippen molar-refractivity contribution in [2.24, 2.45) is 0 Å². The van der Waals surface area contributed by atoms with E-state index in [1.807, 2.05) is 6.07 Å². The van der Waals surface area contributed by atoms with Crippen molar-refractivity contribution in [1.29, 1.82) is 0 Å². The molecule has 0 saturated carbocycles. The van der Waals surface area contributed by atoms with Crippen LogP contribution in [0, 0.1) is 0 Å². The summed E-state index contributed by atoms with van der Waals surface area (Å²) in [6.07, 6.45) is -1.03. The maximum atomic E-state index is 13.5. The molecule has 1 unspecified atom stereocenters. The van der Waals surface area contributed by atoms with E-state index in [1.54, 1.807) is 68.4 Å². The van der Waals surface area contributed by atoms with Crippen molar-refractivity contribution in [3.8, 4) is 22.6 Å². The largest absolute Gasteiger partial charge is 0.497 e. The fourth-order valence-electron chi connectivity index (χ4n) is 3.84. The number of hydrogen-bond acceptors (Lipinski definition) is 8. The second-order valence-electron chi connectivity index (χ2n) is 7.90. The molecule has 1 aromatic heterocycles. The number of carbonyl (C=O) groups is 2. The van der Waals surface area contributed by atoms with Gasteiger partial charge in [-0.25, -0.2) is 9.59 Å². The fraction of sp³-hybridized carbons (Fsp3) is 0.207. The number of hydrogen-bond donors (Lipinski definition) is 0. The molecule has 0 saturated heterocycles. The molecule has 0 radical (unpaired) electrons. The third-order valence-corrected chi connectivity index (χ3v) is 5.56. The first-order chi connectivity index (χ1) is 18.0. The van der Waals surface area contributed by atoms with Crippen LogP contribution in [0.25, 0.3) is 22.1 Å². The Labute approximate surface area is 213 Å². The molecule has 4 rings (SSSR count). The zero-order valence-electron chi connectivity index (χ0n) is 20.7. The van der Waals surface area contributed by atoms with Crippen LogP contribution in [0.5, 0.6) is 11.5 Å². The minimum Gasteiger partial charge on any atom is -0.497 e. The standard InChI is InChI=1S/C29H26O8/c1-4-34-28(31)26(19-9-7-6-8-10-19)36-21-15-16-22-23(17-21)37-27(29(32)35-5-2)24(25(22)30)18-11-13-20(33-3)14-12-18/h6-17,26H,4-5H2,1-3H3. The summed E-state index contributed by atoms with van der Waals surface area (Å²) in [6.45, 7) is 3.66. The van der Waals surface area contributed by atoms with Crippen LogP contribution in [0.2, 0.25) is 0 Å². The van der Waals surface area contributed by atoms with E-state index >= 15 is 0 Å². The normalized spacial score (nSPS) is 11.5. The zero-order chi connectivity index (χ0) is 26.4. The quantitative estimate of drug-likeness (QED) is 0.283. The smallest absolute Gasteiger partial charge is 0.375 e. The number of ether oxygens (including phenoxy) is 4. The second kappa shape index (κ2) is 11.4. The van der Waals surface area contributed by atoms with E-state index in [0.29, 0.717) is 16.9 Å². The Morgan fingerprint density at radius 3 is 2.19 bits per heavy atom. The second-order valence-corrected chi connectivity index (χ2v) is 7.90. The van der Waals surface area contributed by atoms with E-state index in [0.717, 1.165) is 0 Å². The highest BCUT2D eigenvalue weighted by molar-refractivity contribution is 5.97. The summed E-state index contributed by atoms with van der Waals surface area (Å²) in [5.74, 6) is -0.705. The highest BCUT2D eigenvalue weighted by atomic mass is 16.6. The van der Waals surface area contributed by atoms with Gasteiger partial charge in [-0.05, 0) is 43.7 Å². The van der Waals surface area contributed by atoms with Gasteiger partial charge < -0.3 is 23.4 Å². The van der Waals surface area contributed by atoms with Crippen molar-refractivity contribution in [3.63, 3.8) is 0 Å². The Balaban J connectivity index is 1.81. The molecule has 0 aliphatic carbocycles. The average molecular weight is 503 g/mol. The fourth-order valence-corrected chi connectivity index (χ4v) is 3.84. The van der Waals surface area contributed by atoms with E-state index in [9.17, 15) is 14.4 Å². The van der Waals surface area contributed by atoms with E-state index < -0.39 is 23.5 Å². The predicted octanol–water partition coefficient (Wildman–Crippen LogP) is 5.33. The van der Waals surface area contributed by atoms with Crippen LogP contribution in [-0.2, 0) is 14.3 Å². The predicted molar refractivity (Wildman–Crippen MR) is 137 cm³/mol. The molecule has 1 heterocycles. The first-order valence-electron chi connectivity index (χ1n) is 11.8. The summed E-state index contributed by atoms with van der Waals surface area (Å²) in [6, 6.07) is 20.2. The summed E-state index contributed by atoms with van der Waals surface area (Å²) < 4.78 is 27.5. The molecule has 3 aromatic carbocycles. The minimum atomic E-state index is -1.03.